The zero-order valence-electron chi connectivity index (χ0n) is 6.81. The first-order valence-electron chi connectivity index (χ1n) is 4.30. The van der Waals surface area contributed by atoms with Crippen LogP contribution in [-0.2, 0) is 9.59 Å². The van der Waals surface area contributed by atoms with E-state index in [9.17, 15) is 14.0 Å². The molecule has 2 nitrogen and oxygen atoms in total. The minimum absolute atomic E-state index is 0.0153. The molecule has 0 aromatic rings. The van der Waals surface area contributed by atoms with E-state index in [1.807, 2.05) is 0 Å². The first-order chi connectivity index (χ1) is 5.68. The van der Waals surface area contributed by atoms with Gasteiger partial charge in [0.15, 0.2) is 0 Å². The molecule has 2 rings (SSSR count). The Morgan fingerprint density at radius 1 is 1.50 bits per heavy atom. The van der Waals surface area contributed by atoms with E-state index < -0.39 is 12.1 Å². The summed E-state index contributed by atoms with van der Waals surface area (Å²) < 4.78 is 12.6. The van der Waals surface area contributed by atoms with Gasteiger partial charge >= 0.3 is 0 Å². The van der Waals surface area contributed by atoms with Crippen LogP contribution < -0.4 is 0 Å². The number of rotatable bonds is 1. The highest BCUT2D eigenvalue weighted by Gasteiger charge is 2.51. The van der Waals surface area contributed by atoms with E-state index >= 15 is 0 Å². The minimum atomic E-state index is -0.751. The summed E-state index contributed by atoms with van der Waals surface area (Å²) in [5.41, 5.74) is -0.751. The van der Waals surface area contributed by atoms with Crippen LogP contribution in [0.25, 0.3) is 0 Å². The van der Waals surface area contributed by atoms with Crippen molar-refractivity contribution < 1.29 is 14.0 Å². The molecular formula is C9H11FO2. The van der Waals surface area contributed by atoms with Crippen molar-refractivity contribution in [2.45, 2.75) is 25.7 Å². The summed E-state index contributed by atoms with van der Waals surface area (Å²) in [4.78, 5) is 22.5. The highest BCUT2D eigenvalue weighted by molar-refractivity contribution is 6.06. The van der Waals surface area contributed by atoms with Gasteiger partial charge in [-0.05, 0) is 19.3 Å². The van der Waals surface area contributed by atoms with Gasteiger partial charge in [-0.25, -0.2) is 0 Å². The first-order valence-corrected chi connectivity index (χ1v) is 4.30. The summed E-state index contributed by atoms with van der Waals surface area (Å²) in [5, 5.41) is 0. The lowest BCUT2D eigenvalue weighted by Gasteiger charge is -2.27. The Kier molecular flexibility index (Phi) is 1.56. The molecule has 0 aromatic carbocycles. The van der Waals surface area contributed by atoms with Gasteiger partial charge in [0.1, 0.15) is 18.2 Å². The third kappa shape index (κ3) is 0.853. The lowest BCUT2D eigenvalue weighted by molar-refractivity contribution is -0.138. The fraction of sp³-hybridized carbons (Fsp3) is 0.778. The second-order valence-electron chi connectivity index (χ2n) is 3.92. The third-order valence-electron chi connectivity index (χ3n) is 3.25. The Morgan fingerprint density at radius 3 is 2.92 bits per heavy atom. The summed E-state index contributed by atoms with van der Waals surface area (Å²) in [6, 6.07) is 0. The predicted octanol–water partition coefficient (Wildman–Crippen LogP) is 1.28. The van der Waals surface area contributed by atoms with Gasteiger partial charge in [0.2, 0.25) is 0 Å². The Labute approximate surface area is 70.1 Å². The number of carbonyl (C=O) groups excluding carboxylic acids is 2. The summed E-state index contributed by atoms with van der Waals surface area (Å²) in [7, 11) is 0. The lowest BCUT2D eigenvalue weighted by Crippen LogP contribution is -2.37. The van der Waals surface area contributed by atoms with E-state index in [-0.39, 0.29) is 23.9 Å². The maximum Gasteiger partial charge on any atom is 0.149 e. The number of ketones is 2. The molecule has 0 aliphatic heterocycles. The van der Waals surface area contributed by atoms with Gasteiger partial charge in [0, 0.05) is 5.92 Å². The summed E-state index contributed by atoms with van der Waals surface area (Å²) in [6.45, 7) is -0.574. The van der Waals surface area contributed by atoms with Crippen molar-refractivity contribution in [3.05, 3.63) is 0 Å². The molecule has 2 atom stereocenters. The van der Waals surface area contributed by atoms with Crippen molar-refractivity contribution in [1.29, 1.82) is 0 Å². The SMILES string of the molecule is O=C1CC(=O)C2(CF)CCC1C2. The number of carbonyl (C=O) groups is 2. The molecule has 0 heterocycles. The Hall–Kier alpha value is -0.730. The van der Waals surface area contributed by atoms with Crippen molar-refractivity contribution in [3.63, 3.8) is 0 Å². The number of Topliss-reactive ketones (excluding diaryl/α,β-unsaturated/α-hetero) is 2. The van der Waals surface area contributed by atoms with E-state index in [1.54, 1.807) is 0 Å². The first kappa shape index (κ1) is 7.90. The normalized spacial score (nSPS) is 40.6. The molecule has 2 bridgehead atoms. The standard InChI is InChI=1S/C9H11FO2/c10-5-9-2-1-6(4-9)7(11)3-8(9)12/h6H,1-5H2. The molecule has 66 valence electrons. The average molecular weight is 170 g/mol. The van der Waals surface area contributed by atoms with Crippen LogP contribution in [0, 0.1) is 11.3 Å². The topological polar surface area (TPSA) is 34.1 Å². The number of hydrogen-bond acceptors (Lipinski definition) is 2. The molecule has 3 heteroatoms. The highest BCUT2D eigenvalue weighted by atomic mass is 19.1. The van der Waals surface area contributed by atoms with Crippen LogP contribution in [0.2, 0.25) is 0 Å². The molecule has 2 fully saturated rings. The summed E-state index contributed by atoms with van der Waals surface area (Å²) >= 11 is 0. The largest absolute Gasteiger partial charge is 0.299 e. The molecule has 2 aliphatic rings. The van der Waals surface area contributed by atoms with Crippen molar-refractivity contribution in [2.24, 2.45) is 11.3 Å². The quantitative estimate of drug-likeness (QED) is 0.555. The Balaban J connectivity index is 2.30. The van der Waals surface area contributed by atoms with Crippen LogP contribution in [0.3, 0.4) is 0 Å². The van der Waals surface area contributed by atoms with Crippen LogP contribution in [0.15, 0.2) is 0 Å². The van der Waals surface area contributed by atoms with E-state index in [2.05, 4.69) is 0 Å². The molecular weight excluding hydrogens is 159 g/mol. The number of alkyl halides is 1. The fourth-order valence-corrected chi connectivity index (χ4v) is 2.34. The van der Waals surface area contributed by atoms with Crippen LogP contribution in [0.1, 0.15) is 25.7 Å². The van der Waals surface area contributed by atoms with Crippen LogP contribution >= 0.6 is 0 Å². The highest BCUT2D eigenvalue weighted by Crippen LogP contribution is 2.47. The van der Waals surface area contributed by atoms with E-state index in [1.165, 1.54) is 0 Å². The zero-order chi connectivity index (χ0) is 8.77. The average Bonchev–Trinajstić information content (AvgIpc) is 2.44. The van der Waals surface area contributed by atoms with Crippen molar-refractivity contribution in [3.8, 4) is 0 Å². The lowest BCUT2D eigenvalue weighted by atomic mass is 9.75. The molecule has 12 heavy (non-hydrogen) atoms. The molecule has 2 unspecified atom stereocenters. The van der Waals surface area contributed by atoms with Crippen LogP contribution in [-0.4, -0.2) is 18.2 Å². The van der Waals surface area contributed by atoms with Crippen molar-refractivity contribution in [2.75, 3.05) is 6.67 Å². The van der Waals surface area contributed by atoms with E-state index in [0.29, 0.717) is 19.3 Å². The molecule has 0 N–H and O–H groups in total. The van der Waals surface area contributed by atoms with Gasteiger partial charge in [-0.15, -0.1) is 0 Å². The Morgan fingerprint density at radius 2 is 2.25 bits per heavy atom. The molecule has 0 saturated heterocycles. The molecule has 0 amide bonds. The van der Waals surface area contributed by atoms with Gasteiger partial charge in [-0.2, -0.15) is 0 Å². The zero-order valence-corrected chi connectivity index (χ0v) is 6.81. The minimum Gasteiger partial charge on any atom is -0.299 e. The van der Waals surface area contributed by atoms with Gasteiger partial charge in [0.05, 0.1) is 11.8 Å². The predicted molar refractivity (Wildman–Crippen MR) is 40.4 cm³/mol. The van der Waals surface area contributed by atoms with Crippen molar-refractivity contribution >= 4 is 11.6 Å². The maximum atomic E-state index is 12.6. The summed E-state index contributed by atoms with van der Waals surface area (Å²) in [6.07, 6.45) is 1.75. The van der Waals surface area contributed by atoms with Gasteiger partial charge in [-0.1, -0.05) is 0 Å². The van der Waals surface area contributed by atoms with E-state index in [0.717, 1.165) is 0 Å². The maximum absolute atomic E-state index is 12.6. The Bertz CT molecular complexity index is 249. The smallest absolute Gasteiger partial charge is 0.149 e. The van der Waals surface area contributed by atoms with Crippen LogP contribution in [0.4, 0.5) is 4.39 Å². The van der Waals surface area contributed by atoms with Gasteiger partial charge in [-0.3, -0.25) is 14.0 Å². The number of hydrogen-bond donors (Lipinski definition) is 0. The molecule has 2 saturated carbocycles. The molecule has 0 spiro atoms. The van der Waals surface area contributed by atoms with Gasteiger partial charge < -0.3 is 0 Å². The monoisotopic (exact) mass is 170 g/mol. The summed E-state index contributed by atoms with van der Waals surface area (Å²) in [5.74, 6) is -0.149. The second kappa shape index (κ2) is 2.38. The second-order valence-corrected chi connectivity index (χ2v) is 3.92. The van der Waals surface area contributed by atoms with E-state index in [4.69, 9.17) is 0 Å². The number of halogens is 1. The van der Waals surface area contributed by atoms with Crippen molar-refractivity contribution in [1.82, 2.24) is 0 Å². The number of fused-ring (bicyclic) bond motifs is 2. The third-order valence-corrected chi connectivity index (χ3v) is 3.25. The van der Waals surface area contributed by atoms with Gasteiger partial charge in [0.25, 0.3) is 0 Å². The van der Waals surface area contributed by atoms with Crippen LogP contribution in [0.5, 0.6) is 0 Å². The molecule has 0 radical (unpaired) electrons. The molecule has 2 aliphatic carbocycles. The fourth-order valence-electron chi connectivity index (χ4n) is 2.34. The molecule has 0 aromatic heterocycles.